The minimum atomic E-state index is -0.258. The lowest BCUT2D eigenvalue weighted by atomic mass is 10.1. The van der Waals surface area contributed by atoms with E-state index < -0.39 is 0 Å². The molecule has 2 heterocycles. The Kier molecular flexibility index (Phi) is 8.99. The van der Waals surface area contributed by atoms with E-state index in [9.17, 15) is 4.79 Å². The third-order valence-electron chi connectivity index (χ3n) is 4.75. The zero-order valence-corrected chi connectivity index (χ0v) is 16.8. The molecule has 5 nitrogen and oxygen atoms in total. The highest BCUT2D eigenvalue weighted by atomic mass is 35.5. The van der Waals surface area contributed by atoms with Gasteiger partial charge >= 0.3 is 0 Å². The van der Waals surface area contributed by atoms with E-state index in [2.05, 4.69) is 4.90 Å². The van der Waals surface area contributed by atoms with Crippen LogP contribution in [0.5, 0.6) is 5.75 Å². The molecular formula is C19H28Cl2N2O3. The highest BCUT2D eigenvalue weighted by Crippen LogP contribution is 2.25. The molecule has 2 aliphatic rings. The molecule has 0 aromatic heterocycles. The third kappa shape index (κ3) is 6.62. The van der Waals surface area contributed by atoms with Gasteiger partial charge in [0.25, 0.3) is 5.91 Å². The van der Waals surface area contributed by atoms with Crippen molar-refractivity contribution in [3.63, 3.8) is 0 Å². The van der Waals surface area contributed by atoms with Gasteiger partial charge in [-0.05, 0) is 63.4 Å². The minimum Gasteiger partial charge on any atom is -0.508 e. The Bertz CT molecular complexity index is 574. The first-order valence-electron chi connectivity index (χ1n) is 9.19. The van der Waals surface area contributed by atoms with E-state index in [0.29, 0.717) is 10.0 Å². The second kappa shape index (κ2) is 11.0. The van der Waals surface area contributed by atoms with Gasteiger partial charge in [-0.2, -0.15) is 0 Å². The number of phenolic OH excluding ortho intramolecular Hbond substituents is 1. The van der Waals surface area contributed by atoms with E-state index in [4.69, 9.17) is 33.0 Å². The fraction of sp³-hybridized carbons (Fsp3) is 0.632. The maximum atomic E-state index is 12.3. The predicted octanol–water partition coefficient (Wildman–Crippen LogP) is 3.81. The Morgan fingerprint density at radius 1 is 1.08 bits per heavy atom. The Morgan fingerprint density at radius 2 is 1.69 bits per heavy atom. The SMILES string of the molecule is COC(CN1CCCC1)C(=O)N1CCCCC1.Oc1ccc(Cl)c(Cl)c1. The molecule has 0 saturated carbocycles. The normalized spacial score (nSPS) is 19.0. The van der Waals surface area contributed by atoms with Crippen molar-refractivity contribution in [2.45, 2.75) is 38.2 Å². The number of ether oxygens (including phenoxy) is 1. The lowest BCUT2D eigenvalue weighted by Gasteiger charge is -2.31. The molecule has 1 atom stereocenters. The fourth-order valence-electron chi connectivity index (χ4n) is 3.26. The van der Waals surface area contributed by atoms with Gasteiger partial charge in [-0.1, -0.05) is 23.2 Å². The number of hydrogen-bond donors (Lipinski definition) is 1. The average molecular weight is 403 g/mol. The number of phenols is 1. The maximum Gasteiger partial charge on any atom is 0.253 e. The topological polar surface area (TPSA) is 53.0 Å². The smallest absolute Gasteiger partial charge is 0.253 e. The largest absolute Gasteiger partial charge is 0.508 e. The van der Waals surface area contributed by atoms with Gasteiger partial charge in [0.2, 0.25) is 0 Å². The molecular weight excluding hydrogens is 375 g/mol. The van der Waals surface area contributed by atoms with Gasteiger partial charge in [-0.3, -0.25) is 4.79 Å². The first kappa shape index (κ1) is 21.3. The molecule has 0 bridgehead atoms. The van der Waals surface area contributed by atoms with E-state index in [0.717, 1.165) is 45.6 Å². The van der Waals surface area contributed by atoms with Crippen LogP contribution in [0.4, 0.5) is 0 Å². The minimum absolute atomic E-state index is 0.129. The number of aromatic hydroxyl groups is 1. The molecule has 2 fully saturated rings. The van der Waals surface area contributed by atoms with Crippen LogP contribution in [-0.4, -0.2) is 66.8 Å². The number of carbonyl (C=O) groups excluding carboxylic acids is 1. The Labute approximate surface area is 165 Å². The lowest BCUT2D eigenvalue weighted by Crippen LogP contribution is -2.47. The van der Waals surface area contributed by atoms with Crippen molar-refractivity contribution in [3.8, 4) is 5.75 Å². The molecule has 26 heavy (non-hydrogen) atoms. The van der Waals surface area contributed by atoms with Crippen LogP contribution in [-0.2, 0) is 9.53 Å². The summed E-state index contributed by atoms with van der Waals surface area (Å²) in [5, 5.41) is 9.62. The Balaban J connectivity index is 0.000000228. The summed E-state index contributed by atoms with van der Waals surface area (Å²) in [6.07, 6.45) is 5.81. The van der Waals surface area contributed by atoms with Crippen LogP contribution in [0.2, 0.25) is 10.0 Å². The molecule has 1 aromatic carbocycles. The fourth-order valence-corrected chi connectivity index (χ4v) is 3.55. The molecule has 0 radical (unpaired) electrons. The summed E-state index contributed by atoms with van der Waals surface area (Å²) in [5.41, 5.74) is 0. The van der Waals surface area contributed by atoms with Crippen LogP contribution >= 0.6 is 23.2 Å². The van der Waals surface area contributed by atoms with Crippen molar-refractivity contribution in [1.29, 1.82) is 0 Å². The summed E-state index contributed by atoms with van der Waals surface area (Å²) in [6, 6.07) is 4.41. The summed E-state index contributed by atoms with van der Waals surface area (Å²) in [4.78, 5) is 16.6. The van der Waals surface area contributed by atoms with Gasteiger partial charge in [0.15, 0.2) is 0 Å². The first-order chi connectivity index (χ1) is 12.5. The monoisotopic (exact) mass is 402 g/mol. The summed E-state index contributed by atoms with van der Waals surface area (Å²) < 4.78 is 5.39. The number of nitrogens with zero attached hydrogens (tertiary/aromatic N) is 2. The van der Waals surface area contributed by atoms with E-state index in [1.54, 1.807) is 13.2 Å². The van der Waals surface area contributed by atoms with E-state index >= 15 is 0 Å². The second-order valence-corrected chi connectivity index (χ2v) is 7.53. The molecule has 1 aromatic rings. The van der Waals surface area contributed by atoms with Crippen molar-refractivity contribution >= 4 is 29.1 Å². The van der Waals surface area contributed by atoms with Crippen molar-refractivity contribution in [1.82, 2.24) is 9.80 Å². The molecule has 2 saturated heterocycles. The highest BCUT2D eigenvalue weighted by molar-refractivity contribution is 6.42. The Morgan fingerprint density at radius 3 is 2.23 bits per heavy atom. The van der Waals surface area contributed by atoms with Gasteiger partial charge in [-0.25, -0.2) is 0 Å². The molecule has 1 amide bonds. The maximum absolute atomic E-state index is 12.3. The molecule has 146 valence electrons. The number of amides is 1. The van der Waals surface area contributed by atoms with Crippen LogP contribution in [0, 0.1) is 0 Å². The number of piperidine rings is 1. The van der Waals surface area contributed by atoms with Crippen molar-refractivity contribution in [2.75, 3.05) is 39.8 Å². The number of hydrogen-bond acceptors (Lipinski definition) is 4. The molecule has 0 spiro atoms. The van der Waals surface area contributed by atoms with Crippen molar-refractivity contribution < 1.29 is 14.6 Å². The summed E-state index contributed by atoms with van der Waals surface area (Å²) in [6.45, 7) is 4.84. The zero-order chi connectivity index (χ0) is 18.9. The van der Waals surface area contributed by atoms with E-state index in [1.165, 1.54) is 31.4 Å². The summed E-state index contributed by atoms with van der Waals surface area (Å²) in [7, 11) is 1.66. The van der Waals surface area contributed by atoms with E-state index in [-0.39, 0.29) is 17.8 Å². The van der Waals surface area contributed by atoms with Crippen LogP contribution < -0.4 is 0 Å². The number of carbonyl (C=O) groups is 1. The van der Waals surface area contributed by atoms with Gasteiger partial charge in [-0.15, -0.1) is 0 Å². The van der Waals surface area contributed by atoms with Crippen molar-refractivity contribution in [2.24, 2.45) is 0 Å². The number of rotatable bonds is 4. The molecule has 7 heteroatoms. The van der Waals surface area contributed by atoms with Gasteiger partial charge in [0.1, 0.15) is 11.9 Å². The van der Waals surface area contributed by atoms with Gasteiger partial charge in [0.05, 0.1) is 10.0 Å². The number of benzene rings is 1. The standard InChI is InChI=1S/C13H24N2O2.C6H4Cl2O/c1-17-12(11-14-7-5-6-8-14)13(16)15-9-3-2-4-10-15;7-5-2-1-4(9)3-6(5)8/h12H,2-11H2,1H3;1-3,9H. The van der Waals surface area contributed by atoms with Gasteiger partial charge in [0, 0.05) is 26.7 Å². The van der Waals surface area contributed by atoms with Crippen LogP contribution in [0.1, 0.15) is 32.1 Å². The van der Waals surface area contributed by atoms with Crippen molar-refractivity contribution in [3.05, 3.63) is 28.2 Å². The Hall–Kier alpha value is -1.01. The molecule has 2 aliphatic heterocycles. The van der Waals surface area contributed by atoms with Gasteiger partial charge < -0.3 is 19.6 Å². The third-order valence-corrected chi connectivity index (χ3v) is 5.49. The summed E-state index contributed by atoms with van der Waals surface area (Å²) in [5.74, 6) is 0.323. The zero-order valence-electron chi connectivity index (χ0n) is 15.3. The van der Waals surface area contributed by atoms with Crippen LogP contribution in [0.3, 0.4) is 0 Å². The van der Waals surface area contributed by atoms with Crippen LogP contribution in [0.25, 0.3) is 0 Å². The summed E-state index contributed by atoms with van der Waals surface area (Å²) >= 11 is 11.1. The molecule has 1 N–H and O–H groups in total. The number of likely N-dealkylation sites (tertiary alicyclic amines) is 2. The van der Waals surface area contributed by atoms with E-state index in [1.807, 2.05) is 4.90 Å². The molecule has 0 aliphatic carbocycles. The predicted molar refractivity (Wildman–Crippen MR) is 105 cm³/mol. The number of methoxy groups -OCH3 is 1. The molecule has 1 unspecified atom stereocenters. The second-order valence-electron chi connectivity index (χ2n) is 6.72. The molecule has 3 rings (SSSR count). The average Bonchev–Trinajstić information content (AvgIpc) is 3.17. The number of halogens is 2. The highest BCUT2D eigenvalue weighted by Gasteiger charge is 2.27. The first-order valence-corrected chi connectivity index (χ1v) is 9.95. The lowest BCUT2D eigenvalue weighted by molar-refractivity contribution is -0.143. The quantitative estimate of drug-likeness (QED) is 0.831. The van der Waals surface area contributed by atoms with Crippen LogP contribution in [0.15, 0.2) is 18.2 Å².